The van der Waals surface area contributed by atoms with Crippen LogP contribution in [-0.4, -0.2) is 60.8 Å². The Kier molecular flexibility index (Phi) is 3.65. The predicted octanol–water partition coefficient (Wildman–Crippen LogP) is 0.786. The first-order valence-corrected chi connectivity index (χ1v) is 6.33. The van der Waals surface area contributed by atoms with Crippen molar-refractivity contribution in [1.29, 1.82) is 0 Å². The molecule has 2 rings (SSSR count). The zero-order valence-corrected chi connectivity index (χ0v) is 9.91. The maximum absolute atomic E-state index is 9.43. The van der Waals surface area contributed by atoms with Gasteiger partial charge >= 0.3 is 0 Å². The largest absolute Gasteiger partial charge is 0.396 e. The van der Waals surface area contributed by atoms with Gasteiger partial charge in [-0.05, 0) is 19.4 Å². The predicted molar refractivity (Wildman–Crippen MR) is 61.9 cm³/mol. The van der Waals surface area contributed by atoms with Gasteiger partial charge in [-0.25, -0.2) is 0 Å². The molecule has 3 heteroatoms. The zero-order valence-electron chi connectivity index (χ0n) is 9.91. The summed E-state index contributed by atoms with van der Waals surface area (Å²) in [6.45, 7) is 9.72. The number of aliphatic hydroxyl groups is 1. The van der Waals surface area contributed by atoms with Crippen LogP contribution in [0.3, 0.4) is 0 Å². The topological polar surface area (TPSA) is 26.7 Å². The zero-order chi connectivity index (χ0) is 10.7. The minimum Gasteiger partial charge on any atom is -0.396 e. The molecule has 0 unspecified atom stereocenters. The van der Waals surface area contributed by atoms with Crippen molar-refractivity contribution in [3.63, 3.8) is 0 Å². The highest BCUT2D eigenvalue weighted by Crippen LogP contribution is 2.41. The number of piperazine rings is 1. The lowest BCUT2D eigenvalue weighted by Gasteiger charge is -2.45. The highest BCUT2D eigenvalue weighted by Gasteiger charge is 2.38. The normalized spacial score (nSPS) is 27.6. The summed E-state index contributed by atoms with van der Waals surface area (Å²) in [6.07, 6.45) is 3.78. The molecular formula is C12H24N2O. The molecule has 1 N–H and O–H groups in total. The number of hydrogen-bond donors (Lipinski definition) is 1. The average Bonchev–Trinajstić information content (AvgIpc) is 2.24. The lowest BCUT2D eigenvalue weighted by atomic mass is 9.69. The standard InChI is InChI=1S/C12H24N2O/c1-2-13-6-8-14(9-7-13)10-12(11-15)4-3-5-12/h15H,2-11H2,1H3. The van der Waals surface area contributed by atoms with Crippen LogP contribution in [0.25, 0.3) is 0 Å². The molecule has 3 nitrogen and oxygen atoms in total. The van der Waals surface area contributed by atoms with E-state index in [1.807, 2.05) is 0 Å². The summed E-state index contributed by atoms with van der Waals surface area (Å²) in [5.74, 6) is 0. The molecule has 15 heavy (non-hydrogen) atoms. The van der Waals surface area contributed by atoms with E-state index in [0.717, 1.165) is 6.54 Å². The van der Waals surface area contributed by atoms with Gasteiger partial charge in [0.1, 0.15) is 0 Å². The Morgan fingerprint density at radius 2 is 1.67 bits per heavy atom. The van der Waals surface area contributed by atoms with E-state index in [1.54, 1.807) is 0 Å². The molecule has 0 aromatic heterocycles. The fourth-order valence-electron chi connectivity index (χ4n) is 2.78. The summed E-state index contributed by atoms with van der Waals surface area (Å²) in [5.41, 5.74) is 0.272. The third-order valence-electron chi connectivity index (χ3n) is 4.22. The summed E-state index contributed by atoms with van der Waals surface area (Å²) >= 11 is 0. The van der Waals surface area contributed by atoms with Crippen LogP contribution in [-0.2, 0) is 0 Å². The molecule has 0 aromatic rings. The third kappa shape index (κ3) is 2.52. The second-order valence-electron chi connectivity index (χ2n) is 5.22. The lowest BCUT2D eigenvalue weighted by molar-refractivity contribution is -0.00528. The van der Waals surface area contributed by atoms with Crippen molar-refractivity contribution in [1.82, 2.24) is 9.80 Å². The van der Waals surface area contributed by atoms with Crippen LogP contribution in [0.4, 0.5) is 0 Å². The van der Waals surface area contributed by atoms with Crippen molar-refractivity contribution in [2.75, 3.05) is 45.9 Å². The van der Waals surface area contributed by atoms with Crippen LogP contribution < -0.4 is 0 Å². The molecule has 2 aliphatic rings. The van der Waals surface area contributed by atoms with Crippen LogP contribution in [0, 0.1) is 5.41 Å². The average molecular weight is 212 g/mol. The van der Waals surface area contributed by atoms with Gasteiger partial charge in [-0.2, -0.15) is 0 Å². The van der Waals surface area contributed by atoms with Gasteiger partial charge < -0.3 is 14.9 Å². The van der Waals surface area contributed by atoms with E-state index in [1.165, 1.54) is 52.0 Å². The van der Waals surface area contributed by atoms with Gasteiger partial charge in [0.15, 0.2) is 0 Å². The molecule has 0 amide bonds. The van der Waals surface area contributed by atoms with Gasteiger partial charge in [0.2, 0.25) is 0 Å². The number of nitrogens with zero attached hydrogens (tertiary/aromatic N) is 2. The highest BCUT2D eigenvalue weighted by molar-refractivity contribution is 4.90. The first-order valence-electron chi connectivity index (χ1n) is 6.33. The minimum absolute atomic E-state index is 0.272. The SMILES string of the molecule is CCN1CCN(CC2(CO)CCC2)CC1. The molecule has 1 aliphatic heterocycles. The Morgan fingerprint density at radius 3 is 2.07 bits per heavy atom. The van der Waals surface area contributed by atoms with E-state index in [4.69, 9.17) is 0 Å². The number of rotatable bonds is 4. The summed E-state index contributed by atoms with van der Waals surface area (Å²) in [6, 6.07) is 0. The van der Waals surface area contributed by atoms with Gasteiger partial charge in [-0.1, -0.05) is 13.3 Å². The number of aliphatic hydroxyl groups excluding tert-OH is 1. The molecule has 0 radical (unpaired) electrons. The van der Waals surface area contributed by atoms with Crippen LogP contribution in [0.5, 0.6) is 0 Å². The number of likely N-dealkylation sites (N-methyl/N-ethyl adjacent to an activating group) is 1. The van der Waals surface area contributed by atoms with E-state index < -0.39 is 0 Å². The summed E-state index contributed by atoms with van der Waals surface area (Å²) in [4.78, 5) is 5.05. The van der Waals surface area contributed by atoms with Gasteiger partial charge in [-0.3, -0.25) is 0 Å². The van der Waals surface area contributed by atoms with Crippen molar-refractivity contribution in [3.05, 3.63) is 0 Å². The molecule has 1 aliphatic carbocycles. The summed E-state index contributed by atoms with van der Waals surface area (Å²) < 4.78 is 0. The fraction of sp³-hybridized carbons (Fsp3) is 1.00. The smallest absolute Gasteiger partial charge is 0.0499 e. The molecule has 0 atom stereocenters. The Morgan fingerprint density at radius 1 is 1.07 bits per heavy atom. The molecule has 1 saturated heterocycles. The Balaban J connectivity index is 1.76. The Labute approximate surface area is 93.1 Å². The second-order valence-corrected chi connectivity index (χ2v) is 5.22. The summed E-state index contributed by atoms with van der Waals surface area (Å²) in [5, 5.41) is 9.43. The molecule has 1 heterocycles. The number of hydrogen-bond acceptors (Lipinski definition) is 3. The van der Waals surface area contributed by atoms with E-state index in [-0.39, 0.29) is 5.41 Å². The first-order chi connectivity index (χ1) is 7.28. The fourth-order valence-corrected chi connectivity index (χ4v) is 2.78. The van der Waals surface area contributed by atoms with Crippen LogP contribution in [0.2, 0.25) is 0 Å². The second kappa shape index (κ2) is 4.81. The monoisotopic (exact) mass is 212 g/mol. The molecule has 2 fully saturated rings. The van der Waals surface area contributed by atoms with E-state index in [9.17, 15) is 5.11 Å². The van der Waals surface area contributed by atoms with Crippen LogP contribution >= 0.6 is 0 Å². The molecule has 0 aromatic carbocycles. The maximum Gasteiger partial charge on any atom is 0.0499 e. The first kappa shape index (κ1) is 11.4. The van der Waals surface area contributed by atoms with Crippen molar-refractivity contribution in [2.24, 2.45) is 5.41 Å². The lowest BCUT2D eigenvalue weighted by Crippen LogP contribution is -2.52. The van der Waals surface area contributed by atoms with Crippen molar-refractivity contribution < 1.29 is 5.11 Å². The van der Waals surface area contributed by atoms with Crippen LogP contribution in [0.15, 0.2) is 0 Å². The van der Waals surface area contributed by atoms with Crippen molar-refractivity contribution in [2.45, 2.75) is 26.2 Å². The summed E-state index contributed by atoms with van der Waals surface area (Å²) in [7, 11) is 0. The molecule has 0 bridgehead atoms. The molecular weight excluding hydrogens is 188 g/mol. The van der Waals surface area contributed by atoms with E-state index in [0.29, 0.717) is 6.61 Å². The third-order valence-corrected chi connectivity index (χ3v) is 4.22. The van der Waals surface area contributed by atoms with Crippen LogP contribution in [0.1, 0.15) is 26.2 Å². The molecule has 0 spiro atoms. The molecule has 88 valence electrons. The van der Waals surface area contributed by atoms with Gasteiger partial charge in [-0.15, -0.1) is 0 Å². The van der Waals surface area contributed by atoms with Crippen molar-refractivity contribution in [3.8, 4) is 0 Å². The van der Waals surface area contributed by atoms with Gasteiger partial charge in [0.05, 0.1) is 0 Å². The Hall–Kier alpha value is -0.120. The maximum atomic E-state index is 9.43. The van der Waals surface area contributed by atoms with E-state index in [2.05, 4.69) is 16.7 Å². The van der Waals surface area contributed by atoms with E-state index >= 15 is 0 Å². The Bertz CT molecular complexity index is 190. The highest BCUT2D eigenvalue weighted by atomic mass is 16.3. The van der Waals surface area contributed by atoms with Gasteiger partial charge in [0, 0.05) is 44.7 Å². The minimum atomic E-state index is 0.272. The van der Waals surface area contributed by atoms with Gasteiger partial charge in [0.25, 0.3) is 0 Å². The van der Waals surface area contributed by atoms with Crippen molar-refractivity contribution >= 4 is 0 Å². The quantitative estimate of drug-likeness (QED) is 0.746. The molecule has 1 saturated carbocycles.